The first-order valence-corrected chi connectivity index (χ1v) is 5.45. The Balaban J connectivity index is 2.41. The summed E-state index contributed by atoms with van der Waals surface area (Å²) in [6, 6.07) is 0. The molecule has 92 valence electrons. The van der Waals surface area contributed by atoms with Crippen molar-refractivity contribution in [3.05, 3.63) is 11.7 Å². The van der Waals surface area contributed by atoms with Crippen LogP contribution in [0.3, 0.4) is 0 Å². The maximum absolute atomic E-state index is 11.7. The van der Waals surface area contributed by atoms with Crippen molar-refractivity contribution in [2.75, 3.05) is 6.61 Å². The first-order valence-electron chi connectivity index (χ1n) is 4.53. The molecular weight excluding hydrogens is 293 g/mol. The fraction of sp³-hybridized carbons (Fsp3) is 0.750. The van der Waals surface area contributed by atoms with Crippen LogP contribution in [-0.4, -0.2) is 22.9 Å². The highest BCUT2D eigenvalue weighted by molar-refractivity contribution is 9.09. The van der Waals surface area contributed by atoms with Gasteiger partial charge >= 0.3 is 6.18 Å². The first kappa shape index (κ1) is 13.4. The topological polar surface area (TPSA) is 48.2 Å². The number of halogens is 4. The average Bonchev–Trinajstić information content (AvgIpc) is 2.63. The van der Waals surface area contributed by atoms with E-state index in [0.717, 1.165) is 6.42 Å². The minimum absolute atomic E-state index is 0.0867. The van der Waals surface area contributed by atoms with Crippen LogP contribution in [0.1, 0.15) is 29.9 Å². The normalized spacial score (nSPS) is 14.1. The highest BCUT2D eigenvalue weighted by atomic mass is 79.9. The SMILES string of the molecule is CCC(Br)c1nc(COCC(F)(F)F)no1. The van der Waals surface area contributed by atoms with Gasteiger partial charge in [-0.25, -0.2) is 0 Å². The molecule has 0 fully saturated rings. The number of hydrogen-bond donors (Lipinski definition) is 0. The predicted molar refractivity (Wildman–Crippen MR) is 52.0 cm³/mol. The Kier molecular flexibility index (Phi) is 4.72. The molecule has 0 amide bonds. The van der Waals surface area contributed by atoms with Gasteiger partial charge in [-0.1, -0.05) is 28.0 Å². The van der Waals surface area contributed by atoms with Crippen molar-refractivity contribution in [3.8, 4) is 0 Å². The van der Waals surface area contributed by atoms with E-state index >= 15 is 0 Å². The number of nitrogens with zero attached hydrogens (tertiary/aromatic N) is 2. The number of hydrogen-bond acceptors (Lipinski definition) is 4. The van der Waals surface area contributed by atoms with Crippen LogP contribution in [0.25, 0.3) is 0 Å². The zero-order valence-electron chi connectivity index (χ0n) is 8.42. The smallest absolute Gasteiger partial charge is 0.364 e. The molecule has 0 saturated carbocycles. The summed E-state index contributed by atoms with van der Waals surface area (Å²) in [5.41, 5.74) is 0. The zero-order valence-corrected chi connectivity index (χ0v) is 10.0. The molecule has 0 bridgehead atoms. The number of rotatable bonds is 5. The number of alkyl halides is 4. The Bertz CT molecular complexity index is 329. The van der Waals surface area contributed by atoms with Gasteiger partial charge in [0.05, 0.1) is 4.83 Å². The van der Waals surface area contributed by atoms with Crippen molar-refractivity contribution in [2.24, 2.45) is 0 Å². The Hall–Kier alpha value is -0.630. The lowest BCUT2D eigenvalue weighted by atomic mass is 10.3. The summed E-state index contributed by atoms with van der Waals surface area (Å²) in [6.45, 7) is 0.276. The van der Waals surface area contributed by atoms with E-state index in [1.807, 2.05) is 6.92 Å². The second-order valence-electron chi connectivity index (χ2n) is 3.03. The predicted octanol–water partition coefficient (Wildman–Crippen LogP) is 2.99. The highest BCUT2D eigenvalue weighted by Crippen LogP contribution is 2.24. The first-order chi connectivity index (χ1) is 7.42. The van der Waals surface area contributed by atoms with Gasteiger partial charge in [-0.05, 0) is 6.42 Å². The minimum atomic E-state index is -4.34. The molecule has 0 N–H and O–H groups in total. The third kappa shape index (κ3) is 4.48. The maximum Gasteiger partial charge on any atom is 0.411 e. The van der Waals surface area contributed by atoms with Gasteiger partial charge in [0, 0.05) is 0 Å². The van der Waals surface area contributed by atoms with Crippen molar-refractivity contribution < 1.29 is 22.4 Å². The number of aromatic nitrogens is 2. The van der Waals surface area contributed by atoms with Crippen LogP contribution in [0.4, 0.5) is 13.2 Å². The molecule has 1 atom stereocenters. The molecular formula is C8H10BrF3N2O2. The van der Waals surface area contributed by atoms with Gasteiger partial charge in [0.25, 0.3) is 0 Å². The molecule has 1 heterocycles. The third-order valence-electron chi connectivity index (χ3n) is 1.61. The fourth-order valence-electron chi connectivity index (χ4n) is 0.886. The van der Waals surface area contributed by atoms with Gasteiger partial charge in [-0.3, -0.25) is 0 Å². The van der Waals surface area contributed by atoms with E-state index in [1.54, 1.807) is 0 Å². The summed E-state index contributed by atoms with van der Waals surface area (Å²) >= 11 is 3.28. The Labute approximate surface area is 98.3 Å². The van der Waals surface area contributed by atoms with E-state index in [0.29, 0.717) is 5.89 Å². The second-order valence-corrected chi connectivity index (χ2v) is 4.14. The van der Waals surface area contributed by atoms with Crippen LogP contribution in [0, 0.1) is 0 Å². The van der Waals surface area contributed by atoms with E-state index in [-0.39, 0.29) is 17.3 Å². The number of ether oxygens (including phenoxy) is 1. The monoisotopic (exact) mass is 302 g/mol. The summed E-state index contributed by atoms with van der Waals surface area (Å²) < 4.78 is 44.5. The lowest BCUT2D eigenvalue weighted by molar-refractivity contribution is -0.177. The highest BCUT2D eigenvalue weighted by Gasteiger charge is 2.27. The van der Waals surface area contributed by atoms with Crippen molar-refractivity contribution >= 4 is 15.9 Å². The van der Waals surface area contributed by atoms with Crippen LogP contribution >= 0.6 is 15.9 Å². The van der Waals surface area contributed by atoms with E-state index in [4.69, 9.17) is 4.52 Å². The summed E-state index contributed by atoms with van der Waals surface area (Å²) in [6.07, 6.45) is -3.60. The van der Waals surface area contributed by atoms with Gasteiger partial charge in [-0.2, -0.15) is 18.2 Å². The average molecular weight is 303 g/mol. The van der Waals surface area contributed by atoms with Crippen LogP contribution in [0.5, 0.6) is 0 Å². The molecule has 0 aromatic carbocycles. The van der Waals surface area contributed by atoms with Gasteiger partial charge in [-0.15, -0.1) is 0 Å². The van der Waals surface area contributed by atoms with Gasteiger partial charge < -0.3 is 9.26 Å². The van der Waals surface area contributed by atoms with Crippen molar-refractivity contribution in [3.63, 3.8) is 0 Å². The van der Waals surface area contributed by atoms with Crippen LogP contribution in [0.2, 0.25) is 0 Å². The molecule has 0 aliphatic heterocycles. The standard InChI is InChI=1S/C8H10BrF3N2O2/c1-2-5(9)7-13-6(14-16-7)3-15-4-8(10,11)12/h5H,2-4H2,1H3. The Morgan fingerprint density at radius 1 is 1.50 bits per heavy atom. The van der Waals surface area contributed by atoms with Crippen LogP contribution in [-0.2, 0) is 11.3 Å². The molecule has 8 heteroatoms. The van der Waals surface area contributed by atoms with Crippen molar-refractivity contribution in [1.82, 2.24) is 10.1 Å². The molecule has 4 nitrogen and oxygen atoms in total. The summed E-state index contributed by atoms with van der Waals surface area (Å²) in [4.78, 5) is 3.80. The quantitative estimate of drug-likeness (QED) is 0.785. The molecule has 16 heavy (non-hydrogen) atoms. The lowest BCUT2D eigenvalue weighted by Gasteiger charge is -2.04. The summed E-state index contributed by atoms with van der Waals surface area (Å²) in [5, 5.41) is 3.50. The molecule has 1 aromatic rings. The van der Waals surface area contributed by atoms with E-state index < -0.39 is 12.8 Å². The molecule has 1 unspecified atom stereocenters. The van der Waals surface area contributed by atoms with Crippen LogP contribution < -0.4 is 0 Å². The molecule has 1 aromatic heterocycles. The fourth-order valence-corrected chi connectivity index (χ4v) is 1.07. The molecule has 0 aliphatic carbocycles. The minimum Gasteiger partial charge on any atom is -0.364 e. The summed E-state index contributed by atoms with van der Waals surface area (Å²) in [7, 11) is 0. The third-order valence-corrected chi connectivity index (χ3v) is 2.65. The van der Waals surface area contributed by atoms with Gasteiger partial charge in [0.2, 0.25) is 5.89 Å². The lowest BCUT2D eigenvalue weighted by Crippen LogP contribution is -2.16. The molecule has 0 saturated heterocycles. The van der Waals surface area contributed by atoms with Gasteiger partial charge in [0.15, 0.2) is 5.82 Å². The molecule has 0 aliphatic rings. The zero-order chi connectivity index (χ0) is 12.2. The maximum atomic E-state index is 11.7. The Morgan fingerprint density at radius 3 is 2.75 bits per heavy atom. The van der Waals surface area contributed by atoms with Crippen LogP contribution in [0.15, 0.2) is 4.52 Å². The van der Waals surface area contributed by atoms with E-state index in [9.17, 15) is 13.2 Å². The second kappa shape index (κ2) is 5.62. The van der Waals surface area contributed by atoms with Gasteiger partial charge in [0.1, 0.15) is 13.2 Å². The largest absolute Gasteiger partial charge is 0.411 e. The van der Waals surface area contributed by atoms with E-state index in [2.05, 4.69) is 30.8 Å². The summed E-state index contributed by atoms with van der Waals surface area (Å²) in [5.74, 6) is 0.449. The van der Waals surface area contributed by atoms with Crippen molar-refractivity contribution in [1.29, 1.82) is 0 Å². The molecule has 0 radical (unpaired) electrons. The molecule has 1 rings (SSSR count). The van der Waals surface area contributed by atoms with Crippen molar-refractivity contribution in [2.45, 2.75) is 31.0 Å². The molecule has 0 spiro atoms. The van der Waals surface area contributed by atoms with E-state index in [1.165, 1.54) is 0 Å². The Morgan fingerprint density at radius 2 is 2.19 bits per heavy atom.